The molecule has 2 aromatic rings. The molecule has 1 aromatic heterocycles. The zero-order valence-electron chi connectivity index (χ0n) is 7.37. The Balaban J connectivity index is 2.54. The maximum absolute atomic E-state index is 8.88. The Hall–Kier alpha value is -1.08. The van der Waals surface area contributed by atoms with Crippen LogP contribution < -0.4 is 0 Å². The highest BCUT2D eigenvalue weighted by molar-refractivity contribution is 7.16. The Morgan fingerprint density at radius 1 is 1.20 bits per heavy atom. The van der Waals surface area contributed by atoms with Crippen molar-refractivity contribution in [2.45, 2.75) is 0 Å². The molecular weight excluding hydrogens is 251 g/mol. The van der Waals surface area contributed by atoms with Crippen molar-refractivity contribution >= 4 is 34.5 Å². The van der Waals surface area contributed by atoms with Gasteiger partial charge in [-0.05, 0) is 12.1 Å². The summed E-state index contributed by atoms with van der Waals surface area (Å²) < 4.78 is 0.372. The zero-order chi connectivity index (χ0) is 10.8. The predicted octanol–water partition coefficient (Wildman–Crippen LogP) is 3.99. The fourth-order valence-electron chi connectivity index (χ4n) is 1.17. The summed E-state index contributed by atoms with van der Waals surface area (Å²) in [6.07, 6.45) is 0. The average molecular weight is 255 g/mol. The van der Waals surface area contributed by atoms with Crippen LogP contribution in [0.1, 0.15) is 4.88 Å². The summed E-state index contributed by atoms with van der Waals surface area (Å²) >= 11 is 12.7. The third-order valence-corrected chi connectivity index (χ3v) is 3.14. The van der Waals surface area contributed by atoms with Crippen LogP contribution in [0, 0.1) is 11.3 Å². The van der Waals surface area contributed by atoms with Crippen LogP contribution in [0.2, 0.25) is 9.49 Å². The lowest BCUT2D eigenvalue weighted by atomic mass is 10.1. The van der Waals surface area contributed by atoms with Gasteiger partial charge < -0.3 is 0 Å². The second-order valence-electron chi connectivity index (χ2n) is 2.76. The van der Waals surface area contributed by atoms with Crippen molar-refractivity contribution in [1.82, 2.24) is 4.98 Å². The van der Waals surface area contributed by atoms with E-state index in [0.717, 1.165) is 5.56 Å². The van der Waals surface area contributed by atoms with Crippen LogP contribution in [0.3, 0.4) is 0 Å². The number of rotatable bonds is 1. The lowest BCUT2D eigenvalue weighted by Gasteiger charge is -1.96. The second-order valence-corrected chi connectivity index (χ2v) is 4.78. The van der Waals surface area contributed by atoms with Crippen molar-refractivity contribution in [1.29, 1.82) is 5.26 Å². The molecule has 5 heteroatoms. The molecule has 0 radical (unpaired) electrons. The minimum absolute atomic E-state index is 0.372. The van der Waals surface area contributed by atoms with Crippen LogP contribution in [0.25, 0.3) is 11.3 Å². The number of halogens is 2. The van der Waals surface area contributed by atoms with E-state index in [2.05, 4.69) is 11.1 Å². The smallest absolute Gasteiger partial charge is 0.185 e. The summed E-state index contributed by atoms with van der Waals surface area (Å²) in [5.41, 5.74) is 1.46. The number of aromatic nitrogens is 1. The summed E-state index contributed by atoms with van der Waals surface area (Å²) in [6.45, 7) is 0. The Morgan fingerprint density at radius 2 is 1.87 bits per heavy atom. The van der Waals surface area contributed by atoms with Gasteiger partial charge in [-0.1, -0.05) is 46.7 Å². The summed E-state index contributed by atoms with van der Waals surface area (Å²) in [5.74, 6) is 0. The molecular formula is C10H4Cl2N2S. The fourth-order valence-corrected chi connectivity index (χ4v) is 2.23. The third kappa shape index (κ3) is 2.13. The molecule has 0 spiro atoms. The van der Waals surface area contributed by atoms with E-state index in [4.69, 9.17) is 28.5 Å². The number of hydrogen-bond acceptors (Lipinski definition) is 3. The predicted molar refractivity (Wildman–Crippen MR) is 62.3 cm³/mol. The van der Waals surface area contributed by atoms with Crippen LogP contribution in [-0.4, -0.2) is 4.98 Å². The summed E-state index contributed by atoms with van der Waals surface area (Å²) in [4.78, 5) is 4.62. The molecule has 0 bridgehead atoms. The Morgan fingerprint density at radius 3 is 2.47 bits per heavy atom. The highest BCUT2D eigenvalue weighted by Gasteiger charge is 2.11. The molecule has 0 aliphatic carbocycles. The monoisotopic (exact) mass is 254 g/mol. The normalized spacial score (nSPS) is 9.93. The van der Waals surface area contributed by atoms with Crippen molar-refractivity contribution in [3.05, 3.63) is 38.6 Å². The molecule has 0 saturated carbocycles. The first kappa shape index (κ1) is 10.4. The molecule has 1 heterocycles. The standard InChI is InChI=1S/C10H4Cl2N2S/c11-7-3-1-6(2-4-7)9-8(5-13)15-10(12)14-9/h1-4H. The molecule has 0 atom stereocenters. The Labute approximate surface area is 101 Å². The van der Waals surface area contributed by atoms with Crippen LogP contribution in [0.15, 0.2) is 24.3 Å². The topological polar surface area (TPSA) is 36.7 Å². The van der Waals surface area contributed by atoms with E-state index in [9.17, 15) is 0 Å². The largest absolute Gasteiger partial charge is 0.223 e. The van der Waals surface area contributed by atoms with Gasteiger partial charge in [-0.2, -0.15) is 5.26 Å². The molecule has 15 heavy (non-hydrogen) atoms. The SMILES string of the molecule is N#Cc1sc(Cl)nc1-c1ccc(Cl)cc1. The molecule has 0 N–H and O–H groups in total. The average Bonchev–Trinajstić information content (AvgIpc) is 2.61. The lowest BCUT2D eigenvalue weighted by Crippen LogP contribution is -1.80. The fraction of sp³-hybridized carbons (Fsp3) is 0. The number of nitriles is 1. The molecule has 0 amide bonds. The molecule has 1 aromatic carbocycles. The van der Waals surface area contributed by atoms with Gasteiger partial charge in [-0.3, -0.25) is 0 Å². The number of hydrogen-bond donors (Lipinski definition) is 0. The quantitative estimate of drug-likeness (QED) is 0.772. The van der Waals surface area contributed by atoms with E-state index in [1.807, 2.05) is 12.1 Å². The minimum atomic E-state index is 0.372. The van der Waals surface area contributed by atoms with Gasteiger partial charge in [-0.15, -0.1) is 0 Å². The Bertz CT molecular complexity index is 525. The molecule has 0 fully saturated rings. The van der Waals surface area contributed by atoms with Gasteiger partial charge in [-0.25, -0.2) is 4.98 Å². The second kappa shape index (κ2) is 4.19. The van der Waals surface area contributed by atoms with Crippen molar-refractivity contribution in [2.24, 2.45) is 0 Å². The van der Waals surface area contributed by atoms with E-state index in [-0.39, 0.29) is 0 Å². The van der Waals surface area contributed by atoms with Gasteiger partial charge in [0, 0.05) is 10.6 Å². The third-order valence-electron chi connectivity index (χ3n) is 1.82. The van der Waals surface area contributed by atoms with E-state index in [1.165, 1.54) is 11.3 Å². The number of nitrogens with zero attached hydrogens (tertiary/aromatic N) is 2. The minimum Gasteiger partial charge on any atom is -0.223 e. The van der Waals surface area contributed by atoms with Gasteiger partial charge in [0.2, 0.25) is 0 Å². The molecule has 0 unspecified atom stereocenters. The first-order chi connectivity index (χ1) is 7.20. The summed E-state index contributed by atoms with van der Waals surface area (Å²) in [6, 6.07) is 9.21. The Kier molecular flexibility index (Phi) is 2.92. The summed E-state index contributed by atoms with van der Waals surface area (Å²) in [7, 11) is 0. The maximum atomic E-state index is 8.88. The van der Waals surface area contributed by atoms with Crippen LogP contribution in [0.4, 0.5) is 0 Å². The molecule has 0 aliphatic rings. The van der Waals surface area contributed by atoms with E-state index in [0.29, 0.717) is 20.1 Å². The highest BCUT2D eigenvalue weighted by atomic mass is 35.5. The highest BCUT2D eigenvalue weighted by Crippen LogP contribution is 2.30. The van der Waals surface area contributed by atoms with Crippen molar-refractivity contribution in [3.8, 4) is 17.3 Å². The van der Waals surface area contributed by atoms with E-state index >= 15 is 0 Å². The van der Waals surface area contributed by atoms with Crippen molar-refractivity contribution in [3.63, 3.8) is 0 Å². The van der Waals surface area contributed by atoms with Gasteiger partial charge in [0.25, 0.3) is 0 Å². The summed E-state index contributed by atoms with van der Waals surface area (Å²) in [5, 5.41) is 9.53. The van der Waals surface area contributed by atoms with Crippen molar-refractivity contribution < 1.29 is 0 Å². The van der Waals surface area contributed by atoms with Gasteiger partial charge in [0.1, 0.15) is 16.6 Å². The molecule has 74 valence electrons. The first-order valence-electron chi connectivity index (χ1n) is 4.03. The molecule has 2 nitrogen and oxygen atoms in total. The molecule has 2 rings (SSSR count). The van der Waals surface area contributed by atoms with Crippen LogP contribution >= 0.6 is 34.5 Å². The number of thiazole rings is 1. The van der Waals surface area contributed by atoms with Gasteiger partial charge >= 0.3 is 0 Å². The molecule has 0 saturated heterocycles. The molecule has 0 aliphatic heterocycles. The van der Waals surface area contributed by atoms with E-state index in [1.54, 1.807) is 12.1 Å². The maximum Gasteiger partial charge on any atom is 0.185 e. The van der Waals surface area contributed by atoms with Gasteiger partial charge in [0.15, 0.2) is 4.47 Å². The van der Waals surface area contributed by atoms with Crippen LogP contribution in [0.5, 0.6) is 0 Å². The lowest BCUT2D eigenvalue weighted by molar-refractivity contribution is 1.39. The van der Waals surface area contributed by atoms with E-state index < -0.39 is 0 Å². The first-order valence-corrected chi connectivity index (χ1v) is 5.60. The number of benzene rings is 1. The van der Waals surface area contributed by atoms with Crippen molar-refractivity contribution in [2.75, 3.05) is 0 Å². The zero-order valence-corrected chi connectivity index (χ0v) is 9.70. The van der Waals surface area contributed by atoms with Crippen LogP contribution in [-0.2, 0) is 0 Å². The van der Waals surface area contributed by atoms with Gasteiger partial charge in [0.05, 0.1) is 0 Å².